The predicted molar refractivity (Wildman–Crippen MR) is 116 cm³/mol. The molecule has 152 valence electrons. The van der Waals surface area contributed by atoms with Crippen LogP contribution in [-0.4, -0.2) is 23.3 Å². The van der Waals surface area contributed by atoms with E-state index in [1.54, 1.807) is 6.92 Å². The summed E-state index contributed by atoms with van der Waals surface area (Å²) in [5.41, 5.74) is 4.30. The quantitative estimate of drug-likeness (QED) is 0.630. The summed E-state index contributed by atoms with van der Waals surface area (Å²) < 4.78 is 6.34. The number of rotatable bonds is 3. The van der Waals surface area contributed by atoms with E-state index in [0.717, 1.165) is 45.2 Å². The number of carbonyl (C=O) groups excluding carboxylic acids is 2. The van der Waals surface area contributed by atoms with Gasteiger partial charge in [-0.3, -0.25) is 4.79 Å². The lowest BCUT2D eigenvalue weighted by Crippen LogP contribution is -2.40. The van der Waals surface area contributed by atoms with Gasteiger partial charge in [0.25, 0.3) is 0 Å². The molecule has 2 heterocycles. The summed E-state index contributed by atoms with van der Waals surface area (Å²) in [6.07, 6.45) is 3.48. The van der Waals surface area contributed by atoms with Gasteiger partial charge in [0.15, 0.2) is 5.78 Å². The first kappa shape index (κ1) is 20.0. The molecule has 5 nitrogen and oxygen atoms in total. The summed E-state index contributed by atoms with van der Waals surface area (Å²) in [6, 6.07) is 5.99. The number of nitrogens with one attached hydrogen (secondary N) is 2. The Bertz CT molecular complexity index is 1090. The van der Waals surface area contributed by atoms with Crippen LogP contribution < -0.4 is 5.32 Å². The zero-order valence-electron chi connectivity index (χ0n) is 17.1. The monoisotopic (exact) mass is 456 g/mol. The number of carbonyl (C=O) groups is 2. The molecule has 1 aromatic carbocycles. The van der Waals surface area contributed by atoms with Crippen molar-refractivity contribution in [2.45, 2.75) is 46.5 Å². The van der Waals surface area contributed by atoms with E-state index in [2.05, 4.69) is 26.2 Å². The van der Waals surface area contributed by atoms with Gasteiger partial charge >= 0.3 is 5.97 Å². The molecule has 0 spiro atoms. The van der Waals surface area contributed by atoms with Crippen molar-refractivity contribution < 1.29 is 14.3 Å². The Morgan fingerprint density at radius 3 is 2.83 bits per heavy atom. The summed E-state index contributed by atoms with van der Waals surface area (Å²) in [4.78, 5) is 29.8. The van der Waals surface area contributed by atoms with Crippen LogP contribution in [0.4, 0.5) is 0 Å². The second kappa shape index (κ2) is 7.17. The number of hydrogen-bond donors (Lipinski definition) is 2. The van der Waals surface area contributed by atoms with Crippen molar-refractivity contribution >= 4 is 38.6 Å². The number of halogens is 1. The van der Waals surface area contributed by atoms with Crippen molar-refractivity contribution in [2.24, 2.45) is 5.41 Å². The third kappa shape index (κ3) is 3.23. The zero-order chi connectivity index (χ0) is 20.9. The van der Waals surface area contributed by atoms with Crippen LogP contribution in [0.1, 0.15) is 52.0 Å². The maximum atomic E-state index is 13.5. The van der Waals surface area contributed by atoms with Crippen LogP contribution in [-0.2, 0) is 14.3 Å². The standard InChI is InChI=1S/C23H25BrN2O3/c1-5-29-22(28)18-12(2)26-17-8-9-23(3,4)21(27)20(17)19(18)15-11-25-16-7-6-13(24)10-14(15)16/h6-7,10-11,19,25-26H,5,8-9H2,1-4H3/t19-/m1/s1. The van der Waals surface area contributed by atoms with Gasteiger partial charge in [-0.15, -0.1) is 0 Å². The number of ether oxygens (including phenoxy) is 1. The first-order valence-corrected chi connectivity index (χ1v) is 10.7. The third-order valence-electron chi connectivity index (χ3n) is 5.99. The molecule has 0 saturated heterocycles. The highest BCUT2D eigenvalue weighted by Gasteiger charge is 2.45. The number of Topliss-reactive ketones (excluding diaryl/α,β-unsaturated/α-hetero) is 1. The topological polar surface area (TPSA) is 71.2 Å². The number of aromatic nitrogens is 1. The first-order chi connectivity index (χ1) is 13.7. The Morgan fingerprint density at radius 2 is 2.10 bits per heavy atom. The van der Waals surface area contributed by atoms with Crippen LogP contribution in [0, 0.1) is 5.41 Å². The SMILES string of the molecule is CCOC(=O)C1=C(C)NC2=C(C(=O)C(C)(C)CC2)[C@@H]1c1c[nH]c2ccc(Br)cc12. The van der Waals surface area contributed by atoms with E-state index in [4.69, 9.17) is 4.74 Å². The van der Waals surface area contributed by atoms with Gasteiger partial charge in [-0.25, -0.2) is 4.79 Å². The third-order valence-corrected chi connectivity index (χ3v) is 6.48. The van der Waals surface area contributed by atoms with Crippen molar-refractivity contribution in [2.75, 3.05) is 6.61 Å². The molecule has 2 aromatic rings. The summed E-state index contributed by atoms with van der Waals surface area (Å²) in [6.45, 7) is 7.93. The van der Waals surface area contributed by atoms with Gasteiger partial charge in [-0.1, -0.05) is 29.8 Å². The van der Waals surface area contributed by atoms with Crippen molar-refractivity contribution in [1.29, 1.82) is 0 Å². The number of allylic oxidation sites excluding steroid dienone is 3. The molecular weight excluding hydrogens is 432 g/mol. The fraction of sp³-hybridized carbons (Fsp3) is 0.391. The van der Waals surface area contributed by atoms with Gasteiger partial charge < -0.3 is 15.0 Å². The Hall–Kier alpha value is -2.34. The first-order valence-electron chi connectivity index (χ1n) is 9.94. The molecule has 0 bridgehead atoms. The summed E-state index contributed by atoms with van der Waals surface area (Å²) >= 11 is 3.55. The molecule has 29 heavy (non-hydrogen) atoms. The lowest BCUT2D eigenvalue weighted by molar-refractivity contribution is -0.138. The number of dihydropyridines is 1. The van der Waals surface area contributed by atoms with E-state index < -0.39 is 11.3 Å². The van der Waals surface area contributed by atoms with Crippen molar-refractivity contribution in [3.63, 3.8) is 0 Å². The van der Waals surface area contributed by atoms with Gasteiger partial charge in [0.1, 0.15) is 0 Å². The molecule has 0 unspecified atom stereocenters. The number of ketones is 1. The van der Waals surface area contributed by atoms with Gasteiger partial charge in [0.2, 0.25) is 0 Å². The molecule has 6 heteroatoms. The fourth-order valence-corrected chi connectivity index (χ4v) is 4.78. The molecule has 1 aliphatic heterocycles. The van der Waals surface area contributed by atoms with E-state index in [1.165, 1.54) is 0 Å². The highest BCUT2D eigenvalue weighted by molar-refractivity contribution is 9.10. The van der Waals surface area contributed by atoms with E-state index in [1.807, 2.05) is 45.2 Å². The molecule has 1 atom stereocenters. The van der Waals surface area contributed by atoms with Crippen LogP contribution in [0.5, 0.6) is 0 Å². The molecule has 2 N–H and O–H groups in total. The van der Waals surface area contributed by atoms with Gasteiger partial charge in [0.05, 0.1) is 18.1 Å². The van der Waals surface area contributed by atoms with Crippen molar-refractivity contribution in [3.05, 3.63) is 57.0 Å². The molecular formula is C23H25BrN2O3. The largest absolute Gasteiger partial charge is 0.463 e. The Kier molecular flexibility index (Phi) is 4.93. The van der Waals surface area contributed by atoms with Crippen LogP contribution >= 0.6 is 15.9 Å². The molecule has 1 aromatic heterocycles. The number of fused-ring (bicyclic) bond motifs is 1. The van der Waals surface area contributed by atoms with Gasteiger partial charge in [0, 0.05) is 44.0 Å². The second-order valence-electron chi connectivity index (χ2n) is 8.36. The second-order valence-corrected chi connectivity index (χ2v) is 9.27. The van der Waals surface area contributed by atoms with E-state index in [0.29, 0.717) is 11.1 Å². The van der Waals surface area contributed by atoms with Crippen molar-refractivity contribution in [1.82, 2.24) is 10.3 Å². The molecule has 0 fully saturated rings. The molecule has 0 radical (unpaired) electrons. The number of benzene rings is 1. The summed E-state index contributed by atoms with van der Waals surface area (Å²) in [7, 11) is 0. The highest BCUT2D eigenvalue weighted by atomic mass is 79.9. The van der Waals surface area contributed by atoms with Crippen LogP contribution in [0.25, 0.3) is 10.9 Å². The Balaban J connectivity index is 1.98. The average molecular weight is 457 g/mol. The number of aromatic amines is 1. The predicted octanol–water partition coefficient (Wildman–Crippen LogP) is 5.10. The Morgan fingerprint density at radius 1 is 1.34 bits per heavy atom. The minimum atomic E-state index is -0.462. The molecule has 1 aliphatic carbocycles. The molecule has 0 saturated carbocycles. The van der Waals surface area contributed by atoms with Crippen molar-refractivity contribution in [3.8, 4) is 0 Å². The van der Waals surface area contributed by atoms with E-state index in [-0.39, 0.29) is 18.4 Å². The maximum Gasteiger partial charge on any atom is 0.336 e. The fourth-order valence-electron chi connectivity index (χ4n) is 4.42. The summed E-state index contributed by atoms with van der Waals surface area (Å²) in [5.74, 6) is -0.745. The lowest BCUT2D eigenvalue weighted by Gasteiger charge is -2.39. The van der Waals surface area contributed by atoms with E-state index in [9.17, 15) is 9.59 Å². The lowest BCUT2D eigenvalue weighted by atomic mass is 9.67. The average Bonchev–Trinajstić information content (AvgIpc) is 3.07. The molecule has 4 rings (SSSR count). The van der Waals surface area contributed by atoms with Gasteiger partial charge in [-0.2, -0.15) is 0 Å². The number of hydrogen-bond acceptors (Lipinski definition) is 4. The Labute approximate surface area is 178 Å². The smallest absolute Gasteiger partial charge is 0.336 e. The van der Waals surface area contributed by atoms with Gasteiger partial charge in [-0.05, 0) is 50.5 Å². The summed E-state index contributed by atoms with van der Waals surface area (Å²) in [5, 5.41) is 4.34. The molecule has 0 amide bonds. The van der Waals surface area contributed by atoms with E-state index >= 15 is 0 Å². The number of esters is 1. The van der Waals surface area contributed by atoms with Crippen LogP contribution in [0.3, 0.4) is 0 Å². The van der Waals surface area contributed by atoms with Crippen LogP contribution in [0.2, 0.25) is 0 Å². The maximum absolute atomic E-state index is 13.5. The van der Waals surface area contributed by atoms with Crippen LogP contribution in [0.15, 0.2) is 51.4 Å². The number of H-pyrrole nitrogens is 1. The normalized spacial score (nSPS) is 21.3. The minimum Gasteiger partial charge on any atom is -0.463 e. The minimum absolute atomic E-state index is 0.0925. The zero-order valence-corrected chi connectivity index (χ0v) is 18.7. The highest BCUT2D eigenvalue weighted by Crippen LogP contribution is 2.48. The molecule has 2 aliphatic rings.